The van der Waals surface area contributed by atoms with E-state index in [-0.39, 0.29) is 16.7 Å². The van der Waals surface area contributed by atoms with Crippen molar-refractivity contribution in [3.05, 3.63) is 67.5 Å². The first kappa shape index (κ1) is 15.4. The number of halogens is 1. The Morgan fingerprint density at radius 1 is 1.14 bits per heavy atom. The smallest absolute Gasteiger partial charge is 0.299 e. The Balaban J connectivity index is 2.82. The van der Waals surface area contributed by atoms with Crippen LogP contribution in [0.1, 0.15) is 27.2 Å². The molecule has 0 aliphatic rings. The first-order valence-electron chi connectivity index (χ1n) is 6.35. The molecule has 21 heavy (non-hydrogen) atoms. The monoisotopic (exact) mass is 350 g/mol. The van der Waals surface area contributed by atoms with Crippen LogP contribution < -0.4 is 11.2 Å². The van der Waals surface area contributed by atoms with E-state index in [9.17, 15) is 14.4 Å². The lowest BCUT2D eigenvalue weighted by Gasteiger charge is -2.13. The Kier molecular flexibility index (Phi) is 4.27. The van der Waals surface area contributed by atoms with Crippen molar-refractivity contribution in [2.75, 3.05) is 0 Å². The first-order chi connectivity index (χ1) is 9.90. The number of carbonyl (C=O) groups is 1. The Bertz CT molecular complexity index is 834. The van der Waals surface area contributed by atoms with Crippen molar-refractivity contribution in [2.24, 2.45) is 14.1 Å². The van der Waals surface area contributed by atoms with Crippen LogP contribution in [0, 0.1) is 6.92 Å². The largest absolute Gasteiger partial charge is 0.330 e. The number of hydrogen-bond donors (Lipinski definition) is 0. The molecule has 0 unspecified atom stereocenters. The lowest BCUT2D eigenvalue weighted by atomic mass is 9.99. The van der Waals surface area contributed by atoms with Crippen molar-refractivity contribution >= 4 is 21.7 Å². The quantitative estimate of drug-likeness (QED) is 0.622. The number of nitrogens with zero attached hydrogens (tertiary/aromatic N) is 2. The molecule has 0 N–H and O–H groups in total. The second kappa shape index (κ2) is 5.81. The molecule has 0 aliphatic carbocycles. The van der Waals surface area contributed by atoms with Crippen LogP contribution in [0.25, 0.3) is 0 Å². The number of rotatable bonds is 3. The van der Waals surface area contributed by atoms with Gasteiger partial charge in [-0.25, -0.2) is 4.79 Å². The normalized spacial score (nSPS) is 10.7. The van der Waals surface area contributed by atoms with Crippen LogP contribution in [-0.4, -0.2) is 14.9 Å². The molecule has 1 aromatic carbocycles. The number of alkyl halides is 1. The molecule has 1 heterocycles. The summed E-state index contributed by atoms with van der Waals surface area (Å²) >= 11 is 3.25. The van der Waals surface area contributed by atoms with Gasteiger partial charge in [0, 0.05) is 30.7 Å². The van der Waals surface area contributed by atoms with Crippen LogP contribution in [0.5, 0.6) is 0 Å². The molecule has 0 fully saturated rings. The maximum absolute atomic E-state index is 12.7. The van der Waals surface area contributed by atoms with Gasteiger partial charge in [-0.05, 0) is 12.5 Å². The van der Waals surface area contributed by atoms with Gasteiger partial charge >= 0.3 is 5.69 Å². The molecule has 5 nitrogen and oxygen atoms in total. The lowest BCUT2D eigenvalue weighted by Crippen LogP contribution is -2.42. The fraction of sp³-hybridized carbons (Fsp3) is 0.267. The van der Waals surface area contributed by atoms with Crippen molar-refractivity contribution in [1.29, 1.82) is 0 Å². The van der Waals surface area contributed by atoms with E-state index < -0.39 is 11.2 Å². The third-order valence-corrected chi connectivity index (χ3v) is 4.06. The molecule has 0 saturated carbocycles. The van der Waals surface area contributed by atoms with Gasteiger partial charge in [0.1, 0.15) is 5.56 Å². The molecule has 0 saturated heterocycles. The van der Waals surface area contributed by atoms with Crippen LogP contribution in [0.4, 0.5) is 0 Å². The lowest BCUT2D eigenvalue weighted by molar-refractivity contribution is 0.103. The molecule has 1 aromatic heterocycles. The van der Waals surface area contributed by atoms with Crippen LogP contribution in [0.15, 0.2) is 33.9 Å². The van der Waals surface area contributed by atoms with Gasteiger partial charge in [0.05, 0.1) is 0 Å². The summed E-state index contributed by atoms with van der Waals surface area (Å²) in [6.45, 7) is 1.81. The zero-order valence-corrected chi connectivity index (χ0v) is 13.6. The van der Waals surface area contributed by atoms with Crippen LogP contribution in [0.2, 0.25) is 0 Å². The minimum Gasteiger partial charge on any atom is -0.299 e. The van der Waals surface area contributed by atoms with Crippen molar-refractivity contribution in [2.45, 2.75) is 12.3 Å². The number of benzene rings is 1. The molecule has 110 valence electrons. The molecule has 6 heteroatoms. The van der Waals surface area contributed by atoms with Crippen LogP contribution in [-0.2, 0) is 19.4 Å². The second-order valence-electron chi connectivity index (χ2n) is 4.81. The number of carbonyl (C=O) groups excluding carboxylic acids is 1. The molecule has 0 bridgehead atoms. The number of aryl methyl sites for hydroxylation is 1. The Morgan fingerprint density at radius 3 is 2.33 bits per heavy atom. The number of ketones is 1. The second-order valence-corrected chi connectivity index (χ2v) is 5.37. The van der Waals surface area contributed by atoms with E-state index in [0.29, 0.717) is 11.3 Å². The summed E-state index contributed by atoms with van der Waals surface area (Å²) in [4.78, 5) is 37.0. The van der Waals surface area contributed by atoms with Gasteiger partial charge in [0.25, 0.3) is 5.56 Å². The Hall–Kier alpha value is -1.95. The Labute approximate surface area is 130 Å². The van der Waals surface area contributed by atoms with E-state index >= 15 is 0 Å². The summed E-state index contributed by atoms with van der Waals surface area (Å²) in [5.41, 5.74) is 0.660. The van der Waals surface area contributed by atoms with Gasteiger partial charge in [-0.2, -0.15) is 0 Å². The maximum atomic E-state index is 12.7. The average Bonchev–Trinajstić information content (AvgIpc) is 2.48. The van der Waals surface area contributed by atoms with E-state index in [2.05, 4.69) is 15.9 Å². The summed E-state index contributed by atoms with van der Waals surface area (Å²) in [6.07, 6.45) is 0. The highest BCUT2D eigenvalue weighted by atomic mass is 79.9. The van der Waals surface area contributed by atoms with Gasteiger partial charge in [0.15, 0.2) is 0 Å². The number of hydrogen-bond acceptors (Lipinski definition) is 3. The molecule has 0 atom stereocenters. The van der Waals surface area contributed by atoms with Gasteiger partial charge in [-0.3, -0.25) is 18.7 Å². The highest BCUT2D eigenvalue weighted by Gasteiger charge is 2.23. The topological polar surface area (TPSA) is 61.1 Å². The first-order valence-corrected chi connectivity index (χ1v) is 7.47. The molecule has 2 rings (SSSR count). The van der Waals surface area contributed by atoms with Crippen molar-refractivity contribution < 1.29 is 4.79 Å². The minimum atomic E-state index is -0.569. The SMILES string of the molecule is Cc1ccccc1C(=O)c1c(CBr)n(C)c(=O)n(C)c1=O. The zero-order valence-electron chi connectivity index (χ0n) is 12.0. The summed E-state index contributed by atoms with van der Waals surface area (Å²) in [6, 6.07) is 7.07. The zero-order chi connectivity index (χ0) is 15.7. The third kappa shape index (κ3) is 2.51. The standard InChI is InChI=1S/C15H15BrN2O3/c1-9-6-4-5-7-10(9)13(19)12-11(8-16)17(2)15(21)18(3)14(12)20/h4-7H,8H2,1-3H3. The highest BCUT2D eigenvalue weighted by molar-refractivity contribution is 9.08. The molecular formula is C15H15BrN2O3. The number of aromatic nitrogens is 2. The van der Waals surface area contributed by atoms with Crippen molar-refractivity contribution in [3.63, 3.8) is 0 Å². The molecule has 0 radical (unpaired) electrons. The summed E-state index contributed by atoms with van der Waals surface area (Å²) in [5.74, 6) is -0.362. The minimum absolute atomic E-state index is 0.0331. The van der Waals surface area contributed by atoms with Gasteiger partial charge < -0.3 is 0 Å². The van der Waals surface area contributed by atoms with Gasteiger partial charge in [-0.1, -0.05) is 40.2 Å². The van der Waals surface area contributed by atoms with E-state index in [1.54, 1.807) is 19.2 Å². The fourth-order valence-corrected chi connectivity index (χ4v) is 2.89. The fourth-order valence-electron chi connectivity index (χ4n) is 2.23. The molecule has 0 amide bonds. The summed E-state index contributed by atoms with van der Waals surface area (Å²) < 4.78 is 2.28. The van der Waals surface area contributed by atoms with E-state index in [0.717, 1.165) is 10.1 Å². The van der Waals surface area contributed by atoms with Gasteiger partial charge in [-0.15, -0.1) is 0 Å². The third-order valence-electron chi connectivity index (χ3n) is 3.53. The predicted molar refractivity (Wildman–Crippen MR) is 84.2 cm³/mol. The molecular weight excluding hydrogens is 336 g/mol. The Morgan fingerprint density at radius 2 is 1.76 bits per heavy atom. The van der Waals surface area contributed by atoms with Crippen molar-refractivity contribution in [3.8, 4) is 0 Å². The maximum Gasteiger partial charge on any atom is 0.330 e. The van der Waals surface area contributed by atoms with E-state index in [1.807, 2.05) is 19.1 Å². The summed E-state index contributed by atoms with van der Waals surface area (Å²) in [7, 11) is 2.92. The molecule has 2 aromatic rings. The van der Waals surface area contributed by atoms with Crippen LogP contribution in [0.3, 0.4) is 0 Å². The summed E-state index contributed by atoms with van der Waals surface area (Å²) in [5, 5.41) is 0.252. The van der Waals surface area contributed by atoms with Crippen molar-refractivity contribution in [1.82, 2.24) is 9.13 Å². The van der Waals surface area contributed by atoms with E-state index in [4.69, 9.17) is 0 Å². The highest BCUT2D eigenvalue weighted by Crippen LogP contribution is 2.15. The van der Waals surface area contributed by atoms with Gasteiger partial charge in [0.2, 0.25) is 5.78 Å². The molecule has 0 spiro atoms. The predicted octanol–water partition coefficient (Wildman–Crippen LogP) is 1.52. The molecule has 0 aliphatic heterocycles. The van der Waals surface area contributed by atoms with E-state index in [1.165, 1.54) is 11.6 Å². The average molecular weight is 351 g/mol. The van der Waals surface area contributed by atoms with Crippen LogP contribution >= 0.6 is 15.9 Å².